The van der Waals surface area contributed by atoms with Crippen molar-refractivity contribution < 1.29 is 22.7 Å². The molecule has 0 spiro atoms. The summed E-state index contributed by atoms with van der Waals surface area (Å²) < 4.78 is 32.7. The number of anilines is 2. The van der Waals surface area contributed by atoms with E-state index in [-0.39, 0.29) is 23.6 Å². The highest BCUT2D eigenvalue weighted by Crippen LogP contribution is 2.24. The second-order valence-corrected chi connectivity index (χ2v) is 8.65. The first-order valence-electron chi connectivity index (χ1n) is 10.1. The molecule has 3 rings (SSSR count). The van der Waals surface area contributed by atoms with Crippen LogP contribution in [0.2, 0.25) is 0 Å². The van der Waals surface area contributed by atoms with Crippen LogP contribution in [-0.4, -0.2) is 33.4 Å². The number of carbonyl (C=O) groups is 2. The molecular formula is C24H24N2O5S. The fraction of sp³-hybridized carbons (Fsp3) is 0.167. The monoisotopic (exact) mass is 452 g/mol. The van der Waals surface area contributed by atoms with Gasteiger partial charge in [-0.05, 0) is 62.4 Å². The molecule has 8 heteroatoms. The van der Waals surface area contributed by atoms with E-state index in [0.717, 1.165) is 0 Å². The van der Waals surface area contributed by atoms with Crippen LogP contribution in [-0.2, 0) is 14.8 Å². The molecule has 7 nitrogen and oxygen atoms in total. The summed E-state index contributed by atoms with van der Waals surface area (Å²) in [5.41, 5.74) is 1.42. The van der Waals surface area contributed by atoms with E-state index in [4.69, 9.17) is 4.74 Å². The fourth-order valence-corrected chi connectivity index (χ4v) is 4.67. The minimum absolute atomic E-state index is 0.0103. The number of nitrogens with zero attached hydrogens (tertiary/aromatic N) is 1. The van der Waals surface area contributed by atoms with Gasteiger partial charge in [0.2, 0.25) is 0 Å². The van der Waals surface area contributed by atoms with Gasteiger partial charge in [0, 0.05) is 17.8 Å². The first-order valence-corrected chi connectivity index (χ1v) is 11.6. The number of esters is 1. The number of hydrogen-bond donors (Lipinski definition) is 1. The molecule has 0 aliphatic rings. The van der Waals surface area contributed by atoms with Gasteiger partial charge in [-0.3, -0.25) is 9.10 Å². The van der Waals surface area contributed by atoms with Crippen molar-refractivity contribution in [2.75, 3.05) is 22.8 Å². The molecule has 0 saturated carbocycles. The SMILES string of the molecule is CCOC(=O)c1cccc(NC(=O)c2cccc(S(=O)(=O)N(CC)c3ccccc3)c2)c1. The lowest BCUT2D eigenvalue weighted by atomic mass is 10.1. The molecule has 0 aliphatic carbocycles. The van der Waals surface area contributed by atoms with Crippen molar-refractivity contribution >= 4 is 33.3 Å². The van der Waals surface area contributed by atoms with Gasteiger partial charge < -0.3 is 10.1 Å². The third-order valence-electron chi connectivity index (χ3n) is 4.65. The number of nitrogens with one attached hydrogen (secondary N) is 1. The third-order valence-corrected chi connectivity index (χ3v) is 6.55. The van der Waals surface area contributed by atoms with Crippen LogP contribution >= 0.6 is 0 Å². The van der Waals surface area contributed by atoms with Gasteiger partial charge in [0.15, 0.2) is 0 Å². The highest BCUT2D eigenvalue weighted by atomic mass is 32.2. The molecule has 3 aromatic rings. The molecule has 32 heavy (non-hydrogen) atoms. The lowest BCUT2D eigenvalue weighted by Gasteiger charge is -2.23. The Labute approximate surface area is 187 Å². The maximum Gasteiger partial charge on any atom is 0.338 e. The van der Waals surface area contributed by atoms with Crippen molar-refractivity contribution in [3.05, 3.63) is 90.0 Å². The molecule has 1 amide bonds. The van der Waals surface area contributed by atoms with Crippen molar-refractivity contribution in [1.82, 2.24) is 0 Å². The molecule has 0 atom stereocenters. The minimum atomic E-state index is -3.87. The molecule has 3 aromatic carbocycles. The number of ether oxygens (including phenoxy) is 1. The van der Waals surface area contributed by atoms with E-state index in [1.165, 1.54) is 34.6 Å². The Bertz CT molecular complexity index is 1210. The Morgan fingerprint density at radius 2 is 1.56 bits per heavy atom. The highest BCUT2D eigenvalue weighted by molar-refractivity contribution is 7.92. The molecule has 0 bridgehead atoms. The maximum atomic E-state index is 13.2. The summed E-state index contributed by atoms with van der Waals surface area (Å²) in [6.45, 7) is 3.94. The van der Waals surface area contributed by atoms with Crippen LogP contribution < -0.4 is 9.62 Å². The average Bonchev–Trinajstić information content (AvgIpc) is 2.80. The standard InChI is InChI=1S/C24H24N2O5S/c1-3-26(21-13-6-5-7-14-21)32(29,30)22-15-9-10-18(17-22)23(27)25-20-12-8-11-19(16-20)24(28)31-4-2/h5-17H,3-4H2,1-2H3,(H,25,27). The summed E-state index contributed by atoms with van der Waals surface area (Å²) in [4.78, 5) is 24.7. The summed E-state index contributed by atoms with van der Waals surface area (Å²) in [5, 5.41) is 2.69. The Morgan fingerprint density at radius 1 is 0.875 bits per heavy atom. The van der Waals surface area contributed by atoms with E-state index in [1.807, 2.05) is 6.07 Å². The predicted molar refractivity (Wildman–Crippen MR) is 123 cm³/mol. The Balaban J connectivity index is 1.85. The van der Waals surface area contributed by atoms with Gasteiger partial charge in [0.05, 0.1) is 22.8 Å². The zero-order valence-electron chi connectivity index (χ0n) is 17.8. The highest BCUT2D eigenvalue weighted by Gasteiger charge is 2.24. The van der Waals surface area contributed by atoms with Crippen LogP contribution in [0.5, 0.6) is 0 Å². The summed E-state index contributed by atoms with van der Waals surface area (Å²) in [6, 6.07) is 21.0. The average molecular weight is 453 g/mol. The first-order chi connectivity index (χ1) is 15.4. The summed E-state index contributed by atoms with van der Waals surface area (Å²) in [7, 11) is -3.87. The van der Waals surface area contributed by atoms with Crippen LogP contribution in [0.15, 0.2) is 83.8 Å². The number of sulfonamides is 1. The van der Waals surface area contributed by atoms with Crippen molar-refractivity contribution in [1.29, 1.82) is 0 Å². The summed E-state index contributed by atoms with van der Waals surface area (Å²) in [5.74, 6) is -0.983. The van der Waals surface area contributed by atoms with Gasteiger partial charge >= 0.3 is 5.97 Å². The first kappa shape index (κ1) is 23.0. The van der Waals surface area contributed by atoms with Gasteiger partial charge in [0.1, 0.15) is 0 Å². The number of benzene rings is 3. The Kier molecular flexibility index (Phi) is 7.27. The normalized spacial score (nSPS) is 10.9. The van der Waals surface area contributed by atoms with E-state index in [0.29, 0.717) is 16.9 Å². The zero-order chi connectivity index (χ0) is 23.1. The maximum absolute atomic E-state index is 13.2. The molecule has 0 aromatic heterocycles. The van der Waals surface area contributed by atoms with E-state index in [9.17, 15) is 18.0 Å². The Morgan fingerprint density at radius 3 is 2.25 bits per heavy atom. The quantitative estimate of drug-likeness (QED) is 0.514. The lowest BCUT2D eigenvalue weighted by molar-refractivity contribution is 0.0526. The molecule has 0 saturated heterocycles. The fourth-order valence-electron chi connectivity index (χ4n) is 3.15. The predicted octanol–water partition coefficient (Wildman–Crippen LogP) is 4.33. The molecule has 0 unspecified atom stereocenters. The smallest absolute Gasteiger partial charge is 0.338 e. The van der Waals surface area contributed by atoms with Crippen molar-refractivity contribution in [2.45, 2.75) is 18.7 Å². The molecule has 0 radical (unpaired) electrons. The number of carbonyl (C=O) groups excluding carboxylic acids is 2. The lowest BCUT2D eigenvalue weighted by Crippen LogP contribution is -2.30. The molecule has 166 valence electrons. The van der Waals surface area contributed by atoms with Crippen LogP contribution in [0.3, 0.4) is 0 Å². The molecule has 0 heterocycles. The van der Waals surface area contributed by atoms with Crippen LogP contribution in [0.1, 0.15) is 34.6 Å². The van der Waals surface area contributed by atoms with Gasteiger partial charge in [-0.1, -0.05) is 30.3 Å². The molecule has 0 fully saturated rings. The number of rotatable bonds is 8. The second-order valence-electron chi connectivity index (χ2n) is 6.79. The Hall–Kier alpha value is -3.65. The van der Waals surface area contributed by atoms with Gasteiger partial charge in [0.25, 0.3) is 15.9 Å². The molecule has 1 N–H and O–H groups in total. The van der Waals surface area contributed by atoms with Crippen molar-refractivity contribution in [2.24, 2.45) is 0 Å². The number of para-hydroxylation sites is 1. The van der Waals surface area contributed by atoms with E-state index < -0.39 is 21.9 Å². The van der Waals surface area contributed by atoms with Crippen LogP contribution in [0.25, 0.3) is 0 Å². The van der Waals surface area contributed by atoms with Gasteiger partial charge in [-0.15, -0.1) is 0 Å². The van der Waals surface area contributed by atoms with Gasteiger partial charge in [-0.25, -0.2) is 13.2 Å². The van der Waals surface area contributed by atoms with E-state index >= 15 is 0 Å². The molecular weight excluding hydrogens is 428 g/mol. The summed E-state index contributed by atoms with van der Waals surface area (Å²) in [6.07, 6.45) is 0. The third kappa shape index (κ3) is 5.15. The van der Waals surface area contributed by atoms with Crippen molar-refractivity contribution in [3.8, 4) is 0 Å². The number of amides is 1. The minimum Gasteiger partial charge on any atom is -0.462 e. The summed E-state index contributed by atoms with van der Waals surface area (Å²) >= 11 is 0. The van der Waals surface area contributed by atoms with Crippen LogP contribution in [0, 0.1) is 0 Å². The topological polar surface area (TPSA) is 92.8 Å². The number of hydrogen-bond acceptors (Lipinski definition) is 5. The largest absolute Gasteiger partial charge is 0.462 e. The molecule has 0 aliphatic heterocycles. The second kappa shape index (κ2) is 10.1. The van der Waals surface area contributed by atoms with Gasteiger partial charge in [-0.2, -0.15) is 0 Å². The van der Waals surface area contributed by atoms with E-state index in [2.05, 4.69) is 5.32 Å². The van der Waals surface area contributed by atoms with E-state index in [1.54, 1.807) is 56.3 Å². The zero-order valence-corrected chi connectivity index (χ0v) is 18.6. The van der Waals surface area contributed by atoms with Crippen LogP contribution in [0.4, 0.5) is 11.4 Å². The van der Waals surface area contributed by atoms with Crippen molar-refractivity contribution in [3.63, 3.8) is 0 Å².